The van der Waals surface area contributed by atoms with Gasteiger partial charge >= 0.3 is 6.09 Å². The number of aryl methyl sites for hydroxylation is 1. The highest BCUT2D eigenvalue weighted by Crippen LogP contribution is 2.26. The molecule has 0 bridgehead atoms. The molecule has 9 heteroatoms. The van der Waals surface area contributed by atoms with Gasteiger partial charge in [0.05, 0.1) is 12.2 Å². The fourth-order valence-electron chi connectivity index (χ4n) is 2.28. The number of nitrogens with one attached hydrogen (secondary N) is 2. The van der Waals surface area contributed by atoms with Crippen LogP contribution in [-0.4, -0.2) is 38.0 Å². The third-order valence-electron chi connectivity index (χ3n) is 3.21. The quantitative estimate of drug-likeness (QED) is 0.400. The van der Waals surface area contributed by atoms with Crippen molar-refractivity contribution in [1.82, 2.24) is 20.1 Å². The average molecular weight is 326 g/mol. The van der Waals surface area contributed by atoms with Gasteiger partial charge < -0.3 is 20.4 Å². The highest BCUT2D eigenvalue weighted by Gasteiger charge is 2.29. The van der Waals surface area contributed by atoms with Gasteiger partial charge in [0.2, 0.25) is 0 Å². The molecule has 0 radical (unpaired) electrons. The molecule has 0 saturated carbocycles. The number of ether oxygens (including phenoxy) is 1. The smallest absolute Gasteiger partial charge is 0.410 e. The van der Waals surface area contributed by atoms with Gasteiger partial charge in [-0.1, -0.05) is 0 Å². The molecule has 0 atom stereocenters. The molecule has 22 heavy (non-hydrogen) atoms. The molecule has 0 aliphatic carbocycles. The van der Waals surface area contributed by atoms with Crippen molar-refractivity contribution in [1.29, 1.82) is 0 Å². The molecule has 8 nitrogen and oxygen atoms in total. The predicted molar refractivity (Wildman–Crippen MR) is 87.1 cm³/mol. The van der Waals surface area contributed by atoms with Crippen molar-refractivity contribution >= 4 is 29.2 Å². The van der Waals surface area contributed by atoms with Crippen molar-refractivity contribution in [3.63, 3.8) is 0 Å². The number of carbonyl (C=O) groups excluding carboxylic acids is 1. The van der Waals surface area contributed by atoms with Crippen molar-refractivity contribution < 1.29 is 9.53 Å². The number of nitrogens with two attached hydrogens (primary N) is 1. The largest absolute Gasteiger partial charge is 0.444 e. The number of rotatable bonds is 1. The predicted octanol–water partition coefficient (Wildman–Crippen LogP) is 0.873. The van der Waals surface area contributed by atoms with E-state index in [2.05, 4.69) is 15.8 Å². The van der Waals surface area contributed by atoms with E-state index in [1.807, 2.05) is 27.8 Å². The van der Waals surface area contributed by atoms with Crippen molar-refractivity contribution in [2.24, 2.45) is 12.9 Å². The van der Waals surface area contributed by atoms with Gasteiger partial charge in [-0.05, 0) is 33.0 Å². The molecule has 2 rings (SSSR count). The maximum Gasteiger partial charge on any atom is 0.410 e. The fraction of sp³-hybridized carbons (Fsp3) is 0.615. The summed E-state index contributed by atoms with van der Waals surface area (Å²) in [6, 6.07) is 0. The van der Waals surface area contributed by atoms with Crippen molar-refractivity contribution in [3.8, 4) is 0 Å². The van der Waals surface area contributed by atoms with Crippen LogP contribution < -0.4 is 16.6 Å². The molecule has 2 heterocycles. The summed E-state index contributed by atoms with van der Waals surface area (Å²) in [7, 11) is 1.82. The number of aromatic nitrogens is 2. The molecule has 0 spiro atoms. The first kappa shape index (κ1) is 16.5. The summed E-state index contributed by atoms with van der Waals surface area (Å²) < 4.78 is 7.12. The minimum absolute atomic E-state index is 0.292. The topological polar surface area (TPSA) is 97.4 Å². The lowest BCUT2D eigenvalue weighted by atomic mass is 10.1. The number of nitrogens with zero attached hydrogens (tertiary/aromatic N) is 3. The van der Waals surface area contributed by atoms with Crippen LogP contribution >= 0.6 is 12.2 Å². The molecule has 1 aromatic heterocycles. The van der Waals surface area contributed by atoms with Crippen LogP contribution in [0, 0.1) is 0 Å². The Bertz CT molecular complexity index is 592. The van der Waals surface area contributed by atoms with E-state index in [-0.39, 0.29) is 6.09 Å². The van der Waals surface area contributed by atoms with Crippen LogP contribution in [0.2, 0.25) is 0 Å². The van der Waals surface area contributed by atoms with Crippen molar-refractivity contribution in [3.05, 3.63) is 11.3 Å². The zero-order valence-corrected chi connectivity index (χ0v) is 14.1. The monoisotopic (exact) mass is 326 g/mol. The van der Waals surface area contributed by atoms with Crippen LogP contribution in [0.25, 0.3) is 0 Å². The Hall–Kier alpha value is -1.87. The van der Waals surface area contributed by atoms with Crippen LogP contribution in [0.15, 0.2) is 0 Å². The molecule has 1 aromatic rings. The Kier molecular flexibility index (Phi) is 4.57. The van der Waals surface area contributed by atoms with Crippen molar-refractivity contribution in [2.45, 2.75) is 39.3 Å². The second-order valence-electron chi connectivity index (χ2n) is 6.15. The molecule has 1 aliphatic heterocycles. The van der Waals surface area contributed by atoms with E-state index in [4.69, 9.17) is 22.8 Å². The van der Waals surface area contributed by atoms with E-state index in [0.717, 1.165) is 17.1 Å². The van der Waals surface area contributed by atoms with E-state index >= 15 is 0 Å². The molecule has 0 saturated heterocycles. The zero-order chi connectivity index (χ0) is 16.5. The van der Waals surface area contributed by atoms with Gasteiger partial charge in [0.1, 0.15) is 11.4 Å². The van der Waals surface area contributed by atoms with Gasteiger partial charge in [0, 0.05) is 25.6 Å². The van der Waals surface area contributed by atoms with Gasteiger partial charge in [-0.15, -0.1) is 0 Å². The molecule has 0 aromatic carbocycles. The van der Waals surface area contributed by atoms with Gasteiger partial charge in [0.15, 0.2) is 5.11 Å². The first-order valence-electron chi connectivity index (χ1n) is 7.01. The number of amides is 1. The number of thiocarbonyl (C=S) groups is 1. The SMILES string of the molecule is Cn1nc2c(c1NC(=S)NN)CN(C(=O)OC(C)(C)C)CC2. The highest BCUT2D eigenvalue weighted by atomic mass is 32.1. The van der Waals surface area contributed by atoms with Gasteiger partial charge in [-0.2, -0.15) is 5.10 Å². The lowest BCUT2D eigenvalue weighted by molar-refractivity contribution is 0.0224. The van der Waals surface area contributed by atoms with Crippen molar-refractivity contribution in [2.75, 3.05) is 11.9 Å². The third kappa shape index (κ3) is 3.66. The first-order valence-corrected chi connectivity index (χ1v) is 7.42. The number of fused-ring (bicyclic) bond motifs is 1. The van der Waals surface area contributed by atoms with Crippen LogP contribution in [0.3, 0.4) is 0 Å². The first-order chi connectivity index (χ1) is 10.2. The van der Waals surface area contributed by atoms with E-state index in [9.17, 15) is 4.79 Å². The number of carbonyl (C=O) groups is 1. The van der Waals surface area contributed by atoms with Crippen LogP contribution in [0.5, 0.6) is 0 Å². The fourth-order valence-corrected chi connectivity index (χ4v) is 2.38. The average Bonchev–Trinajstić information content (AvgIpc) is 2.72. The van der Waals surface area contributed by atoms with Gasteiger partial charge in [-0.25, -0.2) is 10.6 Å². The summed E-state index contributed by atoms with van der Waals surface area (Å²) in [6.45, 7) is 6.56. The molecular formula is C13H22N6O2S. The second kappa shape index (κ2) is 6.09. The molecular weight excluding hydrogens is 304 g/mol. The summed E-state index contributed by atoms with van der Waals surface area (Å²) in [5.41, 5.74) is 3.74. The Labute approximate surface area is 134 Å². The number of hydrogen-bond acceptors (Lipinski definition) is 5. The summed E-state index contributed by atoms with van der Waals surface area (Å²) >= 11 is 5.03. The van der Waals surface area contributed by atoms with E-state index in [1.165, 1.54) is 0 Å². The highest BCUT2D eigenvalue weighted by molar-refractivity contribution is 7.80. The molecule has 4 N–H and O–H groups in total. The summed E-state index contributed by atoms with van der Waals surface area (Å²) in [4.78, 5) is 13.9. The molecule has 122 valence electrons. The zero-order valence-electron chi connectivity index (χ0n) is 13.3. The Balaban J connectivity index is 2.18. The molecule has 0 unspecified atom stereocenters. The van der Waals surface area contributed by atoms with E-state index in [1.54, 1.807) is 9.58 Å². The molecule has 0 fully saturated rings. The Morgan fingerprint density at radius 1 is 1.45 bits per heavy atom. The van der Waals surface area contributed by atoms with E-state index < -0.39 is 5.60 Å². The lowest BCUT2D eigenvalue weighted by Crippen LogP contribution is -2.40. The third-order valence-corrected chi connectivity index (χ3v) is 3.43. The van der Waals surface area contributed by atoms with Crippen LogP contribution in [0.4, 0.5) is 10.6 Å². The van der Waals surface area contributed by atoms with Crippen LogP contribution in [-0.2, 0) is 24.8 Å². The van der Waals surface area contributed by atoms with Crippen LogP contribution in [0.1, 0.15) is 32.0 Å². The second-order valence-corrected chi connectivity index (χ2v) is 6.56. The summed E-state index contributed by atoms with van der Waals surface area (Å²) in [5.74, 6) is 6.02. The van der Waals surface area contributed by atoms with Gasteiger partial charge in [0.25, 0.3) is 0 Å². The number of hydrogen-bond donors (Lipinski definition) is 3. The maximum absolute atomic E-state index is 12.2. The minimum atomic E-state index is -0.515. The minimum Gasteiger partial charge on any atom is -0.444 e. The Morgan fingerprint density at radius 2 is 2.14 bits per heavy atom. The molecule has 1 aliphatic rings. The lowest BCUT2D eigenvalue weighted by Gasteiger charge is -2.30. The number of hydrazine groups is 1. The maximum atomic E-state index is 12.2. The Morgan fingerprint density at radius 3 is 2.73 bits per heavy atom. The van der Waals surface area contributed by atoms with E-state index in [0.29, 0.717) is 24.6 Å². The normalized spacial score (nSPS) is 14.3. The summed E-state index contributed by atoms with van der Waals surface area (Å²) in [6.07, 6.45) is 0.347. The standard InChI is InChI=1S/C13H22N6O2S/c1-13(2,3)21-12(20)19-6-5-9-8(7-19)10(18(4)17-9)15-11(22)16-14/h5-7,14H2,1-4H3,(H2,15,16,22). The van der Waals surface area contributed by atoms with Gasteiger partial charge in [-0.3, -0.25) is 4.68 Å². The molecule has 1 amide bonds. The summed E-state index contributed by atoms with van der Waals surface area (Å²) in [5, 5.41) is 7.74. The number of anilines is 1.